The van der Waals surface area contributed by atoms with Crippen LogP contribution in [0.5, 0.6) is 0 Å². The van der Waals surface area contributed by atoms with Crippen LogP contribution in [-0.2, 0) is 6.54 Å². The van der Waals surface area contributed by atoms with Gasteiger partial charge >= 0.3 is 0 Å². The molecule has 0 spiro atoms. The van der Waals surface area contributed by atoms with Gasteiger partial charge in [-0.05, 0) is 49.6 Å². The number of aliphatic hydroxyl groups is 1. The predicted molar refractivity (Wildman–Crippen MR) is 82.5 cm³/mol. The molecule has 0 amide bonds. The second-order valence-electron chi connectivity index (χ2n) is 5.61. The van der Waals surface area contributed by atoms with Gasteiger partial charge in [0.05, 0.1) is 6.61 Å². The van der Waals surface area contributed by atoms with Gasteiger partial charge in [0.15, 0.2) is 0 Å². The van der Waals surface area contributed by atoms with Gasteiger partial charge in [0.2, 0.25) is 0 Å². The molecule has 0 bridgehead atoms. The highest BCUT2D eigenvalue weighted by molar-refractivity contribution is 7.98. The molecule has 1 fully saturated rings. The smallest absolute Gasteiger partial charge is 0.0584 e. The van der Waals surface area contributed by atoms with Crippen molar-refractivity contribution in [1.29, 1.82) is 0 Å². The highest BCUT2D eigenvalue weighted by Gasteiger charge is 2.23. The molecule has 1 aliphatic rings. The Morgan fingerprint density at radius 1 is 1.32 bits per heavy atom. The van der Waals surface area contributed by atoms with Crippen molar-refractivity contribution in [2.75, 3.05) is 19.4 Å². The average molecular weight is 279 g/mol. The Bertz CT molecular complexity index is 375. The highest BCUT2D eigenvalue weighted by Crippen LogP contribution is 2.28. The Balaban J connectivity index is 1.96. The largest absolute Gasteiger partial charge is 0.395 e. The third-order valence-electron chi connectivity index (χ3n) is 4.15. The fourth-order valence-electron chi connectivity index (χ4n) is 2.49. The molecule has 1 N–H and O–H groups in total. The van der Waals surface area contributed by atoms with E-state index in [1.54, 1.807) is 11.8 Å². The van der Waals surface area contributed by atoms with Gasteiger partial charge in [-0.3, -0.25) is 4.90 Å². The second kappa shape index (κ2) is 7.32. The zero-order valence-corrected chi connectivity index (χ0v) is 12.8. The number of nitrogens with zero attached hydrogens (tertiary/aromatic N) is 1. The van der Waals surface area contributed by atoms with Crippen molar-refractivity contribution in [3.05, 3.63) is 29.8 Å². The van der Waals surface area contributed by atoms with Gasteiger partial charge in [0.25, 0.3) is 0 Å². The molecular weight excluding hydrogens is 254 g/mol. The van der Waals surface area contributed by atoms with Crippen molar-refractivity contribution in [2.24, 2.45) is 5.92 Å². The van der Waals surface area contributed by atoms with Crippen molar-refractivity contribution in [3.63, 3.8) is 0 Å². The topological polar surface area (TPSA) is 23.5 Å². The SMILES string of the molecule is CSc1ccc(CN(CC2CCC2)[C@@H](C)CO)cc1. The fraction of sp³-hybridized carbons (Fsp3) is 0.625. The molecule has 1 aromatic rings. The van der Waals surface area contributed by atoms with Crippen LogP contribution in [0.1, 0.15) is 31.7 Å². The van der Waals surface area contributed by atoms with Crippen LogP contribution in [0.4, 0.5) is 0 Å². The Morgan fingerprint density at radius 3 is 2.47 bits per heavy atom. The maximum Gasteiger partial charge on any atom is 0.0584 e. The summed E-state index contributed by atoms with van der Waals surface area (Å²) in [5.74, 6) is 0.847. The second-order valence-corrected chi connectivity index (χ2v) is 6.49. The predicted octanol–water partition coefficient (Wildman–Crippen LogP) is 3.39. The van der Waals surface area contributed by atoms with Crippen LogP contribution >= 0.6 is 11.8 Å². The molecule has 0 saturated heterocycles. The summed E-state index contributed by atoms with van der Waals surface area (Å²) in [5, 5.41) is 9.42. The number of hydrogen-bond acceptors (Lipinski definition) is 3. The third kappa shape index (κ3) is 4.23. The average Bonchev–Trinajstić information content (AvgIpc) is 2.41. The Kier molecular flexibility index (Phi) is 5.74. The molecule has 3 heteroatoms. The quantitative estimate of drug-likeness (QED) is 0.774. The molecule has 2 rings (SSSR count). The van der Waals surface area contributed by atoms with Gasteiger partial charge in [-0.15, -0.1) is 11.8 Å². The molecule has 106 valence electrons. The molecule has 0 radical (unpaired) electrons. The van der Waals surface area contributed by atoms with Gasteiger partial charge in [0, 0.05) is 24.0 Å². The van der Waals surface area contributed by atoms with Crippen molar-refractivity contribution < 1.29 is 5.11 Å². The molecule has 1 saturated carbocycles. The zero-order valence-electron chi connectivity index (χ0n) is 12.0. The minimum Gasteiger partial charge on any atom is -0.395 e. The van der Waals surface area contributed by atoms with E-state index < -0.39 is 0 Å². The van der Waals surface area contributed by atoms with Crippen LogP contribution in [0.3, 0.4) is 0 Å². The maximum absolute atomic E-state index is 9.42. The van der Waals surface area contributed by atoms with E-state index in [0.29, 0.717) is 0 Å². The molecule has 19 heavy (non-hydrogen) atoms. The zero-order chi connectivity index (χ0) is 13.7. The van der Waals surface area contributed by atoms with Crippen molar-refractivity contribution >= 4 is 11.8 Å². The number of thioether (sulfide) groups is 1. The lowest BCUT2D eigenvalue weighted by molar-refractivity contribution is 0.0918. The summed E-state index contributed by atoms with van der Waals surface area (Å²) in [5.41, 5.74) is 1.34. The van der Waals surface area contributed by atoms with Crippen LogP contribution in [0.2, 0.25) is 0 Å². The van der Waals surface area contributed by atoms with E-state index in [2.05, 4.69) is 42.3 Å². The fourth-order valence-corrected chi connectivity index (χ4v) is 2.90. The van der Waals surface area contributed by atoms with Crippen molar-refractivity contribution in [3.8, 4) is 0 Å². The normalized spacial score (nSPS) is 17.5. The van der Waals surface area contributed by atoms with Gasteiger partial charge in [-0.25, -0.2) is 0 Å². The van der Waals surface area contributed by atoms with Gasteiger partial charge in [-0.2, -0.15) is 0 Å². The highest BCUT2D eigenvalue weighted by atomic mass is 32.2. The van der Waals surface area contributed by atoms with Crippen LogP contribution in [0.25, 0.3) is 0 Å². The summed E-state index contributed by atoms with van der Waals surface area (Å²) in [4.78, 5) is 3.74. The molecule has 2 nitrogen and oxygen atoms in total. The summed E-state index contributed by atoms with van der Waals surface area (Å²) in [7, 11) is 0. The lowest BCUT2D eigenvalue weighted by atomic mass is 9.85. The van der Waals surface area contributed by atoms with Crippen LogP contribution < -0.4 is 0 Å². The van der Waals surface area contributed by atoms with Crippen LogP contribution in [-0.4, -0.2) is 35.5 Å². The number of benzene rings is 1. The van der Waals surface area contributed by atoms with E-state index in [4.69, 9.17) is 0 Å². The van der Waals surface area contributed by atoms with Crippen LogP contribution in [0.15, 0.2) is 29.2 Å². The van der Waals surface area contributed by atoms with Gasteiger partial charge < -0.3 is 5.11 Å². The lowest BCUT2D eigenvalue weighted by Gasteiger charge is -2.35. The monoisotopic (exact) mass is 279 g/mol. The summed E-state index contributed by atoms with van der Waals surface area (Å²) >= 11 is 1.78. The summed E-state index contributed by atoms with van der Waals surface area (Å²) < 4.78 is 0. The minimum atomic E-state index is 0.246. The van der Waals surface area contributed by atoms with E-state index in [1.807, 2.05) is 0 Å². The number of rotatable bonds is 7. The van der Waals surface area contributed by atoms with E-state index in [-0.39, 0.29) is 12.6 Å². The summed E-state index contributed by atoms with van der Waals surface area (Å²) in [6.07, 6.45) is 6.21. The third-order valence-corrected chi connectivity index (χ3v) is 4.89. The Labute approximate surface area is 121 Å². The molecule has 1 aliphatic carbocycles. The van der Waals surface area contributed by atoms with E-state index in [9.17, 15) is 5.11 Å². The minimum absolute atomic E-state index is 0.246. The molecule has 1 atom stereocenters. The first-order valence-electron chi connectivity index (χ1n) is 7.20. The van der Waals surface area contributed by atoms with E-state index >= 15 is 0 Å². The Hall–Kier alpha value is -0.510. The Morgan fingerprint density at radius 2 is 2.00 bits per heavy atom. The van der Waals surface area contributed by atoms with Crippen molar-refractivity contribution in [2.45, 2.75) is 43.7 Å². The molecule has 0 aliphatic heterocycles. The summed E-state index contributed by atoms with van der Waals surface area (Å²) in [6, 6.07) is 9.05. The number of aliphatic hydroxyl groups excluding tert-OH is 1. The first-order valence-corrected chi connectivity index (χ1v) is 8.43. The van der Waals surface area contributed by atoms with Gasteiger partial charge in [0.1, 0.15) is 0 Å². The first-order chi connectivity index (χ1) is 9.22. The molecule has 0 unspecified atom stereocenters. The standard InChI is InChI=1S/C16H25NOS/c1-13(12-18)17(10-14-4-3-5-14)11-15-6-8-16(19-2)9-7-15/h6-9,13-14,18H,3-5,10-12H2,1-2H3/t13-/m0/s1. The van der Waals surface area contributed by atoms with Gasteiger partial charge in [-0.1, -0.05) is 18.6 Å². The van der Waals surface area contributed by atoms with E-state index in [0.717, 1.165) is 19.0 Å². The summed E-state index contributed by atoms with van der Waals surface area (Å²) in [6.45, 7) is 4.45. The molecular formula is C16H25NOS. The molecule has 0 aromatic heterocycles. The maximum atomic E-state index is 9.42. The van der Waals surface area contributed by atoms with E-state index in [1.165, 1.54) is 29.7 Å². The first kappa shape index (κ1) is 14.9. The molecule has 1 aromatic carbocycles. The van der Waals surface area contributed by atoms with Crippen LogP contribution in [0, 0.1) is 5.92 Å². The van der Waals surface area contributed by atoms with Crippen molar-refractivity contribution in [1.82, 2.24) is 4.90 Å². The molecule has 0 heterocycles. The number of hydrogen-bond donors (Lipinski definition) is 1. The lowest BCUT2D eigenvalue weighted by Crippen LogP contribution is -2.40.